The van der Waals surface area contributed by atoms with Gasteiger partial charge in [0.2, 0.25) is 0 Å². The molecule has 1 fully saturated rings. The largest absolute Gasteiger partial charge is 0.392 e. The van der Waals surface area contributed by atoms with E-state index >= 15 is 0 Å². The molecular formula is C16H12F3N3OS. The van der Waals surface area contributed by atoms with Crippen LogP contribution in [0.1, 0.15) is 17.7 Å². The Kier molecular flexibility index (Phi) is 3.36. The van der Waals surface area contributed by atoms with E-state index in [2.05, 4.69) is 15.0 Å². The Bertz CT molecular complexity index is 888. The summed E-state index contributed by atoms with van der Waals surface area (Å²) in [6.45, 7) is 0. The van der Waals surface area contributed by atoms with Crippen molar-refractivity contribution < 1.29 is 18.3 Å². The Balaban J connectivity index is 1.65. The maximum absolute atomic E-state index is 12.7. The zero-order valence-corrected chi connectivity index (χ0v) is 13.1. The Morgan fingerprint density at radius 2 is 2.04 bits per heavy atom. The molecule has 4 nitrogen and oxygen atoms in total. The fourth-order valence-electron chi connectivity index (χ4n) is 2.88. The smallest absolute Gasteiger partial charge is 0.384 e. The normalized spacial score (nSPS) is 24.1. The number of alkyl halides is 3. The maximum atomic E-state index is 12.7. The molecule has 0 aromatic carbocycles. The van der Waals surface area contributed by atoms with Crippen molar-refractivity contribution in [2.75, 3.05) is 0 Å². The zero-order chi connectivity index (χ0) is 16.9. The molecular weight excluding hydrogens is 339 g/mol. The van der Waals surface area contributed by atoms with E-state index in [1.54, 1.807) is 30.7 Å². The summed E-state index contributed by atoms with van der Waals surface area (Å²) in [6.07, 6.45) is 0.0556. The molecule has 0 atom stereocenters. The van der Waals surface area contributed by atoms with Gasteiger partial charge in [-0.1, -0.05) is 0 Å². The number of nitrogens with zero attached hydrogens (tertiary/aromatic N) is 3. The highest BCUT2D eigenvalue weighted by atomic mass is 32.1. The average molecular weight is 351 g/mol. The highest BCUT2D eigenvalue weighted by Crippen LogP contribution is 2.54. The molecule has 1 aliphatic carbocycles. The van der Waals surface area contributed by atoms with Crippen molar-refractivity contribution in [2.45, 2.75) is 24.6 Å². The highest BCUT2D eigenvalue weighted by molar-refractivity contribution is 7.18. The Morgan fingerprint density at radius 3 is 2.71 bits per heavy atom. The third-order valence-electron chi connectivity index (χ3n) is 4.28. The van der Waals surface area contributed by atoms with Crippen molar-refractivity contribution in [2.24, 2.45) is 5.92 Å². The van der Waals surface area contributed by atoms with Crippen LogP contribution in [0, 0.1) is 5.92 Å². The van der Waals surface area contributed by atoms with Crippen LogP contribution >= 0.6 is 11.3 Å². The van der Waals surface area contributed by atoms with E-state index in [-0.39, 0.29) is 12.8 Å². The fourth-order valence-corrected chi connectivity index (χ4v) is 4.00. The molecule has 0 bridgehead atoms. The molecule has 24 heavy (non-hydrogen) atoms. The number of aliphatic hydroxyl groups is 1. The summed E-state index contributed by atoms with van der Waals surface area (Å²) < 4.78 is 38.0. The number of hydrogen-bond donors (Lipinski definition) is 1. The van der Waals surface area contributed by atoms with Gasteiger partial charge in [-0.05, 0) is 31.0 Å². The van der Waals surface area contributed by atoms with Gasteiger partial charge in [-0.15, -0.1) is 11.3 Å². The van der Waals surface area contributed by atoms with Crippen LogP contribution in [-0.4, -0.2) is 26.2 Å². The van der Waals surface area contributed by atoms with Crippen LogP contribution in [0.15, 0.2) is 36.8 Å². The van der Waals surface area contributed by atoms with E-state index in [4.69, 9.17) is 0 Å². The van der Waals surface area contributed by atoms with Crippen LogP contribution in [0.25, 0.3) is 21.6 Å². The molecule has 1 aliphatic rings. The van der Waals surface area contributed by atoms with E-state index in [0.717, 1.165) is 5.56 Å². The van der Waals surface area contributed by atoms with Gasteiger partial charge in [-0.25, -0.2) is 9.97 Å². The van der Waals surface area contributed by atoms with Gasteiger partial charge in [0.25, 0.3) is 0 Å². The number of fused-ring (bicyclic) bond motifs is 1. The van der Waals surface area contributed by atoms with Gasteiger partial charge in [0, 0.05) is 34.4 Å². The third kappa shape index (κ3) is 2.55. The topological polar surface area (TPSA) is 58.9 Å². The van der Waals surface area contributed by atoms with Crippen LogP contribution in [0.5, 0.6) is 0 Å². The average Bonchev–Trinajstić information content (AvgIpc) is 2.95. The van der Waals surface area contributed by atoms with Gasteiger partial charge in [0.05, 0.1) is 5.92 Å². The third-order valence-corrected chi connectivity index (χ3v) is 5.52. The zero-order valence-electron chi connectivity index (χ0n) is 12.3. The number of halogens is 3. The van der Waals surface area contributed by atoms with Gasteiger partial charge in [-0.3, -0.25) is 4.98 Å². The van der Waals surface area contributed by atoms with E-state index in [0.29, 0.717) is 20.9 Å². The second-order valence-electron chi connectivity index (χ2n) is 5.98. The second kappa shape index (κ2) is 5.22. The lowest BCUT2D eigenvalue weighted by molar-refractivity contribution is -0.241. The maximum Gasteiger partial charge on any atom is 0.392 e. The molecule has 0 unspecified atom stereocenters. The first-order valence-corrected chi connectivity index (χ1v) is 8.13. The molecule has 124 valence electrons. The molecule has 0 radical (unpaired) electrons. The van der Waals surface area contributed by atoms with Gasteiger partial charge < -0.3 is 5.11 Å². The monoisotopic (exact) mass is 351 g/mol. The van der Waals surface area contributed by atoms with Crippen LogP contribution < -0.4 is 0 Å². The molecule has 8 heteroatoms. The predicted octanol–water partition coefficient (Wildman–Crippen LogP) is 3.91. The molecule has 3 heterocycles. The molecule has 0 amide bonds. The Hall–Kier alpha value is -2.06. The second-order valence-corrected chi connectivity index (χ2v) is 7.02. The number of aromatic nitrogens is 3. The summed E-state index contributed by atoms with van der Waals surface area (Å²) >= 11 is 1.21. The van der Waals surface area contributed by atoms with E-state index in [1.165, 1.54) is 11.3 Å². The highest BCUT2D eigenvalue weighted by Gasteiger charge is 2.56. The van der Waals surface area contributed by atoms with Crippen molar-refractivity contribution in [3.05, 3.63) is 41.7 Å². The number of hydrogen-bond acceptors (Lipinski definition) is 5. The van der Waals surface area contributed by atoms with Crippen molar-refractivity contribution >= 4 is 21.6 Å². The SMILES string of the molecule is OC1(c2cc3cnc(-c4cccnc4)nc3s2)CC(C(F)(F)F)C1. The van der Waals surface area contributed by atoms with E-state index in [1.807, 2.05) is 6.07 Å². The van der Waals surface area contributed by atoms with Crippen LogP contribution in [0.4, 0.5) is 13.2 Å². The first-order chi connectivity index (χ1) is 11.4. The molecule has 0 saturated heterocycles. The van der Waals surface area contributed by atoms with Crippen molar-refractivity contribution in [1.29, 1.82) is 0 Å². The van der Waals surface area contributed by atoms with Crippen LogP contribution in [0.2, 0.25) is 0 Å². The molecule has 0 spiro atoms. The van der Waals surface area contributed by atoms with E-state index in [9.17, 15) is 18.3 Å². The molecule has 3 aromatic heterocycles. The van der Waals surface area contributed by atoms with Gasteiger partial charge in [0.15, 0.2) is 5.82 Å². The molecule has 1 saturated carbocycles. The Morgan fingerprint density at radius 1 is 1.25 bits per heavy atom. The summed E-state index contributed by atoms with van der Waals surface area (Å²) in [4.78, 5) is 13.9. The van der Waals surface area contributed by atoms with Gasteiger partial charge in [0.1, 0.15) is 10.4 Å². The molecule has 1 N–H and O–H groups in total. The standard InChI is InChI=1S/C16H12F3N3OS/c17-16(18,19)11-5-15(23,6-11)12-4-10-8-21-13(22-14(10)24-12)9-2-1-3-20-7-9/h1-4,7-8,11,23H,5-6H2. The summed E-state index contributed by atoms with van der Waals surface area (Å²) in [5.41, 5.74) is -0.658. The van der Waals surface area contributed by atoms with Crippen molar-refractivity contribution in [3.63, 3.8) is 0 Å². The lowest BCUT2D eigenvalue weighted by Gasteiger charge is -2.43. The van der Waals surface area contributed by atoms with Crippen LogP contribution in [-0.2, 0) is 5.60 Å². The Labute approximate surface area is 139 Å². The summed E-state index contributed by atoms with van der Waals surface area (Å²) in [7, 11) is 0. The number of pyridine rings is 1. The molecule has 3 aromatic rings. The lowest BCUT2D eigenvalue weighted by Crippen LogP contribution is -2.46. The quantitative estimate of drug-likeness (QED) is 0.760. The van der Waals surface area contributed by atoms with Gasteiger partial charge >= 0.3 is 6.18 Å². The van der Waals surface area contributed by atoms with Crippen LogP contribution in [0.3, 0.4) is 0 Å². The number of rotatable bonds is 2. The van der Waals surface area contributed by atoms with Gasteiger partial charge in [-0.2, -0.15) is 13.2 Å². The van der Waals surface area contributed by atoms with Crippen molar-refractivity contribution in [1.82, 2.24) is 15.0 Å². The lowest BCUT2D eigenvalue weighted by atomic mass is 9.70. The summed E-state index contributed by atoms with van der Waals surface area (Å²) in [5.74, 6) is -0.942. The minimum absolute atomic E-state index is 0.299. The summed E-state index contributed by atoms with van der Waals surface area (Å²) in [6, 6.07) is 5.28. The minimum Gasteiger partial charge on any atom is -0.384 e. The van der Waals surface area contributed by atoms with Crippen molar-refractivity contribution in [3.8, 4) is 11.4 Å². The van der Waals surface area contributed by atoms with E-state index < -0.39 is 17.7 Å². The minimum atomic E-state index is -4.25. The first-order valence-electron chi connectivity index (χ1n) is 7.32. The summed E-state index contributed by atoms with van der Waals surface area (Å²) in [5, 5.41) is 11.2. The molecule has 4 rings (SSSR count). The fraction of sp³-hybridized carbons (Fsp3) is 0.312. The molecule has 0 aliphatic heterocycles. The first kappa shape index (κ1) is 15.5. The number of thiophene rings is 1. The predicted molar refractivity (Wildman–Crippen MR) is 83.3 cm³/mol.